The van der Waals surface area contributed by atoms with Gasteiger partial charge in [-0.3, -0.25) is 4.98 Å². The maximum atomic E-state index is 13.2. The van der Waals surface area contributed by atoms with Crippen LogP contribution in [0.1, 0.15) is 18.2 Å². The third kappa shape index (κ3) is 5.22. The Morgan fingerprint density at radius 3 is 2.10 bits per heavy atom. The smallest absolute Gasteiger partial charge is 0.221 e. The van der Waals surface area contributed by atoms with Gasteiger partial charge in [0.1, 0.15) is 11.6 Å². The van der Waals surface area contributed by atoms with Crippen LogP contribution in [0, 0.1) is 5.82 Å². The first kappa shape index (κ1) is 20.5. The summed E-state index contributed by atoms with van der Waals surface area (Å²) in [6.45, 7) is 2.66. The minimum absolute atomic E-state index is 0.166. The fourth-order valence-corrected chi connectivity index (χ4v) is 3.19. The lowest BCUT2D eigenvalue weighted by atomic mass is 10.1. The van der Waals surface area contributed by atoms with Gasteiger partial charge >= 0.3 is 0 Å². The van der Waals surface area contributed by atoms with E-state index in [1.54, 1.807) is 12.1 Å². The van der Waals surface area contributed by atoms with Gasteiger partial charge in [-0.1, -0.05) is 13.0 Å². The molecule has 0 saturated heterocycles. The Balaban J connectivity index is 1.43. The van der Waals surface area contributed by atoms with Crippen LogP contribution in [0.5, 0.6) is 5.75 Å². The summed E-state index contributed by atoms with van der Waals surface area (Å²) in [5.74, 6) is 0.642. The molecule has 5 nitrogen and oxygen atoms in total. The van der Waals surface area contributed by atoms with E-state index in [0.29, 0.717) is 18.0 Å². The van der Waals surface area contributed by atoms with Gasteiger partial charge in [-0.25, -0.2) is 14.4 Å². The zero-order valence-corrected chi connectivity index (χ0v) is 17.3. The van der Waals surface area contributed by atoms with Crippen LogP contribution in [-0.2, 0) is 12.8 Å². The molecule has 4 aromatic rings. The average Bonchev–Trinajstić information content (AvgIpc) is 2.80. The van der Waals surface area contributed by atoms with Crippen LogP contribution in [-0.4, -0.2) is 21.6 Å². The number of hydrogen-bond donors (Lipinski definition) is 1. The number of aromatic nitrogens is 3. The number of nitrogens with two attached hydrogens (primary N) is 1. The second-order valence-corrected chi connectivity index (χ2v) is 7.14. The Morgan fingerprint density at radius 2 is 1.52 bits per heavy atom. The number of anilines is 1. The Labute approximate surface area is 180 Å². The number of halogens is 1. The number of aryl methyl sites for hydroxylation is 1. The molecule has 2 aromatic carbocycles. The predicted octanol–water partition coefficient (Wildman–Crippen LogP) is 5.11. The Morgan fingerprint density at radius 1 is 0.871 bits per heavy atom. The molecular formula is C25H23FN4O. The van der Waals surface area contributed by atoms with E-state index in [2.05, 4.69) is 27.9 Å². The van der Waals surface area contributed by atoms with Gasteiger partial charge < -0.3 is 10.5 Å². The van der Waals surface area contributed by atoms with E-state index in [1.807, 2.05) is 42.6 Å². The zero-order chi connectivity index (χ0) is 21.6. The Hall–Kier alpha value is -3.80. The topological polar surface area (TPSA) is 73.9 Å². The van der Waals surface area contributed by atoms with Crippen molar-refractivity contribution in [2.75, 3.05) is 12.3 Å². The van der Waals surface area contributed by atoms with E-state index < -0.39 is 0 Å². The molecule has 0 aliphatic rings. The Bertz CT molecular complexity index is 1140. The van der Waals surface area contributed by atoms with Crippen LogP contribution in [0.15, 0.2) is 72.9 Å². The summed E-state index contributed by atoms with van der Waals surface area (Å²) in [6.07, 6.45) is 3.65. The van der Waals surface area contributed by atoms with Gasteiger partial charge in [-0.05, 0) is 72.6 Å². The van der Waals surface area contributed by atoms with Crippen molar-refractivity contribution in [3.05, 3.63) is 90.0 Å². The number of ether oxygens (including phenoxy) is 1. The number of rotatable bonds is 7. The largest absolute Gasteiger partial charge is 0.493 e. The van der Waals surface area contributed by atoms with Crippen molar-refractivity contribution in [3.63, 3.8) is 0 Å². The van der Waals surface area contributed by atoms with Crippen molar-refractivity contribution in [1.29, 1.82) is 0 Å². The van der Waals surface area contributed by atoms with E-state index in [1.165, 1.54) is 17.7 Å². The molecule has 31 heavy (non-hydrogen) atoms. The van der Waals surface area contributed by atoms with Gasteiger partial charge in [0, 0.05) is 29.4 Å². The van der Waals surface area contributed by atoms with Crippen molar-refractivity contribution >= 4 is 5.95 Å². The van der Waals surface area contributed by atoms with Gasteiger partial charge in [0.2, 0.25) is 5.95 Å². The van der Waals surface area contributed by atoms with E-state index in [-0.39, 0.29) is 11.8 Å². The van der Waals surface area contributed by atoms with Crippen molar-refractivity contribution in [2.45, 2.75) is 19.8 Å². The molecule has 0 bridgehead atoms. The predicted molar refractivity (Wildman–Crippen MR) is 120 cm³/mol. The Kier molecular flexibility index (Phi) is 6.17. The third-order valence-corrected chi connectivity index (χ3v) is 4.95. The molecule has 0 radical (unpaired) electrons. The maximum absolute atomic E-state index is 13.2. The van der Waals surface area contributed by atoms with Gasteiger partial charge in [-0.15, -0.1) is 0 Å². The minimum Gasteiger partial charge on any atom is -0.493 e. The summed E-state index contributed by atoms with van der Waals surface area (Å²) in [4.78, 5) is 13.1. The van der Waals surface area contributed by atoms with Crippen LogP contribution < -0.4 is 10.5 Å². The van der Waals surface area contributed by atoms with E-state index >= 15 is 0 Å². The zero-order valence-electron chi connectivity index (χ0n) is 17.3. The lowest BCUT2D eigenvalue weighted by molar-refractivity contribution is 0.320. The molecule has 2 N–H and O–H groups in total. The highest BCUT2D eigenvalue weighted by atomic mass is 19.1. The number of nitrogens with zero attached hydrogens (tertiary/aromatic N) is 3. The van der Waals surface area contributed by atoms with Gasteiger partial charge in [0.25, 0.3) is 0 Å². The molecule has 0 amide bonds. The second kappa shape index (κ2) is 9.34. The van der Waals surface area contributed by atoms with Gasteiger partial charge in [0.05, 0.1) is 18.0 Å². The van der Waals surface area contributed by atoms with E-state index in [0.717, 1.165) is 35.4 Å². The standard InChI is InChI=1S/C25H23FN4O/c1-2-17-3-10-21(28-16-17)13-14-31-22-11-6-19(7-12-22)24-15-23(29-25(27)30-24)18-4-8-20(26)9-5-18/h3-12,15-16H,2,13-14H2,1H3,(H2,27,29,30). The molecule has 0 aliphatic carbocycles. The molecule has 0 fully saturated rings. The summed E-state index contributed by atoms with van der Waals surface area (Å²) in [7, 11) is 0. The summed E-state index contributed by atoms with van der Waals surface area (Å²) >= 11 is 0. The quantitative estimate of drug-likeness (QED) is 0.455. The van der Waals surface area contributed by atoms with E-state index in [9.17, 15) is 4.39 Å². The average molecular weight is 414 g/mol. The SMILES string of the molecule is CCc1ccc(CCOc2ccc(-c3cc(-c4ccc(F)cc4)nc(N)n3)cc2)nc1. The first-order valence-corrected chi connectivity index (χ1v) is 10.2. The summed E-state index contributed by atoms with van der Waals surface area (Å²) in [5.41, 5.74) is 11.2. The molecule has 0 saturated carbocycles. The lowest BCUT2D eigenvalue weighted by Gasteiger charge is -2.09. The van der Waals surface area contributed by atoms with E-state index in [4.69, 9.17) is 10.5 Å². The highest BCUT2D eigenvalue weighted by molar-refractivity contribution is 5.69. The minimum atomic E-state index is -0.296. The maximum Gasteiger partial charge on any atom is 0.221 e. The normalized spacial score (nSPS) is 10.8. The van der Waals surface area contributed by atoms with Crippen LogP contribution >= 0.6 is 0 Å². The summed E-state index contributed by atoms with van der Waals surface area (Å²) in [6, 6.07) is 19.8. The van der Waals surface area contributed by atoms with Crippen molar-refractivity contribution in [3.8, 4) is 28.3 Å². The van der Waals surface area contributed by atoms with Gasteiger partial charge in [-0.2, -0.15) is 0 Å². The number of pyridine rings is 1. The van der Waals surface area contributed by atoms with Crippen LogP contribution in [0.4, 0.5) is 10.3 Å². The number of nitrogen functional groups attached to an aromatic ring is 1. The molecule has 2 aromatic heterocycles. The molecule has 156 valence electrons. The lowest BCUT2D eigenvalue weighted by Crippen LogP contribution is -2.03. The number of hydrogen-bond acceptors (Lipinski definition) is 5. The second-order valence-electron chi connectivity index (χ2n) is 7.14. The highest BCUT2D eigenvalue weighted by Gasteiger charge is 2.08. The molecule has 4 rings (SSSR count). The summed E-state index contributed by atoms with van der Waals surface area (Å²) < 4.78 is 19.1. The van der Waals surface area contributed by atoms with Gasteiger partial charge in [0.15, 0.2) is 0 Å². The fourth-order valence-electron chi connectivity index (χ4n) is 3.19. The summed E-state index contributed by atoms with van der Waals surface area (Å²) in [5, 5.41) is 0. The van der Waals surface area contributed by atoms with Crippen LogP contribution in [0.2, 0.25) is 0 Å². The third-order valence-electron chi connectivity index (χ3n) is 4.95. The fraction of sp³-hybridized carbons (Fsp3) is 0.160. The van der Waals surface area contributed by atoms with Crippen molar-refractivity contribution in [1.82, 2.24) is 15.0 Å². The molecular weight excluding hydrogens is 391 g/mol. The molecule has 2 heterocycles. The first-order valence-electron chi connectivity index (χ1n) is 10.2. The van der Waals surface area contributed by atoms with Crippen LogP contribution in [0.3, 0.4) is 0 Å². The van der Waals surface area contributed by atoms with Crippen molar-refractivity contribution < 1.29 is 9.13 Å². The first-order chi connectivity index (χ1) is 15.1. The van der Waals surface area contributed by atoms with Crippen LogP contribution in [0.25, 0.3) is 22.5 Å². The number of benzene rings is 2. The molecule has 0 spiro atoms. The molecule has 0 atom stereocenters. The van der Waals surface area contributed by atoms with Crippen molar-refractivity contribution in [2.24, 2.45) is 0 Å². The molecule has 0 aliphatic heterocycles. The monoisotopic (exact) mass is 414 g/mol. The molecule has 6 heteroatoms. The molecule has 0 unspecified atom stereocenters. The highest BCUT2D eigenvalue weighted by Crippen LogP contribution is 2.26.